The van der Waals surface area contributed by atoms with E-state index in [0.29, 0.717) is 5.92 Å². The van der Waals surface area contributed by atoms with Crippen molar-refractivity contribution in [1.82, 2.24) is 0 Å². The largest absolute Gasteiger partial charge is 0.496 e. The molecule has 2 rings (SSSR count). The molecule has 1 fully saturated rings. The highest BCUT2D eigenvalue weighted by Crippen LogP contribution is 2.29. The molecule has 3 heteroatoms. The van der Waals surface area contributed by atoms with Crippen LogP contribution in [0.1, 0.15) is 23.6 Å². The van der Waals surface area contributed by atoms with Crippen molar-refractivity contribution in [1.29, 1.82) is 0 Å². The number of rotatable bonds is 3. The molecule has 1 saturated heterocycles. The van der Waals surface area contributed by atoms with Crippen LogP contribution in [-0.4, -0.2) is 20.3 Å². The van der Waals surface area contributed by atoms with Gasteiger partial charge in [-0.3, -0.25) is 0 Å². The summed E-state index contributed by atoms with van der Waals surface area (Å²) in [5.41, 5.74) is 8.52. The molecule has 0 aliphatic carbocycles. The number of hydrogen-bond donors (Lipinski definition) is 1. The molecule has 0 amide bonds. The number of ether oxygens (including phenoxy) is 2. The van der Waals surface area contributed by atoms with E-state index in [4.69, 9.17) is 15.2 Å². The van der Waals surface area contributed by atoms with Gasteiger partial charge in [-0.1, -0.05) is 12.1 Å². The fourth-order valence-corrected chi connectivity index (χ4v) is 2.15. The second-order valence-electron chi connectivity index (χ2n) is 4.38. The van der Waals surface area contributed by atoms with Crippen LogP contribution < -0.4 is 10.5 Å². The minimum absolute atomic E-state index is 0.0528. The maximum absolute atomic E-state index is 6.24. The zero-order valence-corrected chi connectivity index (χ0v) is 9.90. The lowest BCUT2D eigenvalue weighted by Crippen LogP contribution is -2.21. The monoisotopic (exact) mass is 221 g/mol. The Morgan fingerprint density at radius 3 is 2.94 bits per heavy atom. The van der Waals surface area contributed by atoms with E-state index in [0.717, 1.165) is 36.5 Å². The number of hydrogen-bond acceptors (Lipinski definition) is 3. The standard InChI is InChI=1S/C13H19NO2/c1-9-3-4-10(7-12(9)15-2)13(14)11-5-6-16-8-11/h3-4,7,11,13H,5-6,8,14H2,1-2H3. The van der Waals surface area contributed by atoms with Gasteiger partial charge in [0.25, 0.3) is 0 Å². The molecule has 2 atom stereocenters. The molecule has 0 aromatic heterocycles. The highest BCUT2D eigenvalue weighted by atomic mass is 16.5. The molecule has 1 aliphatic rings. The maximum atomic E-state index is 6.24. The van der Waals surface area contributed by atoms with Crippen molar-refractivity contribution in [3.63, 3.8) is 0 Å². The third-order valence-electron chi connectivity index (χ3n) is 3.29. The van der Waals surface area contributed by atoms with Crippen LogP contribution in [0.3, 0.4) is 0 Å². The Bertz CT molecular complexity index is 359. The van der Waals surface area contributed by atoms with Gasteiger partial charge in [-0.15, -0.1) is 0 Å². The lowest BCUT2D eigenvalue weighted by molar-refractivity contribution is 0.181. The Hall–Kier alpha value is -1.06. The Morgan fingerprint density at radius 2 is 2.31 bits per heavy atom. The van der Waals surface area contributed by atoms with Crippen LogP contribution in [0.2, 0.25) is 0 Å². The molecule has 1 aromatic carbocycles. The van der Waals surface area contributed by atoms with Gasteiger partial charge in [0.2, 0.25) is 0 Å². The van der Waals surface area contributed by atoms with Crippen molar-refractivity contribution < 1.29 is 9.47 Å². The summed E-state index contributed by atoms with van der Waals surface area (Å²) in [6, 6.07) is 6.24. The van der Waals surface area contributed by atoms with Gasteiger partial charge < -0.3 is 15.2 Å². The summed E-state index contributed by atoms with van der Waals surface area (Å²) in [6.07, 6.45) is 1.05. The topological polar surface area (TPSA) is 44.5 Å². The normalized spacial score (nSPS) is 22.1. The van der Waals surface area contributed by atoms with Crippen LogP contribution in [0.15, 0.2) is 18.2 Å². The molecular weight excluding hydrogens is 202 g/mol. The number of aryl methyl sites for hydroxylation is 1. The average Bonchev–Trinajstić information content (AvgIpc) is 2.82. The molecule has 2 unspecified atom stereocenters. The molecule has 1 aliphatic heterocycles. The summed E-state index contributed by atoms with van der Waals surface area (Å²) in [4.78, 5) is 0. The van der Waals surface area contributed by atoms with Crippen molar-refractivity contribution in [3.8, 4) is 5.75 Å². The van der Waals surface area contributed by atoms with Gasteiger partial charge in [-0.25, -0.2) is 0 Å². The molecule has 0 spiro atoms. The van der Waals surface area contributed by atoms with Gasteiger partial charge in [0.05, 0.1) is 13.7 Å². The first-order chi connectivity index (χ1) is 7.72. The zero-order valence-electron chi connectivity index (χ0n) is 9.90. The van der Waals surface area contributed by atoms with E-state index < -0.39 is 0 Å². The molecule has 0 bridgehead atoms. The van der Waals surface area contributed by atoms with Crippen molar-refractivity contribution in [2.45, 2.75) is 19.4 Å². The van der Waals surface area contributed by atoms with Crippen LogP contribution in [0, 0.1) is 12.8 Å². The van der Waals surface area contributed by atoms with E-state index in [1.807, 2.05) is 13.0 Å². The highest BCUT2D eigenvalue weighted by Gasteiger charge is 2.24. The summed E-state index contributed by atoms with van der Waals surface area (Å²) in [5.74, 6) is 1.35. The quantitative estimate of drug-likeness (QED) is 0.849. The van der Waals surface area contributed by atoms with E-state index in [1.54, 1.807) is 7.11 Å². The molecule has 0 radical (unpaired) electrons. The van der Waals surface area contributed by atoms with Crippen LogP contribution in [0.4, 0.5) is 0 Å². The molecule has 1 aromatic rings. The minimum Gasteiger partial charge on any atom is -0.496 e. The fraction of sp³-hybridized carbons (Fsp3) is 0.538. The predicted molar refractivity (Wildman–Crippen MR) is 63.6 cm³/mol. The molecular formula is C13H19NO2. The second kappa shape index (κ2) is 4.85. The van der Waals surface area contributed by atoms with Crippen LogP contribution in [0.5, 0.6) is 5.75 Å². The Kier molecular flexibility index (Phi) is 3.46. The molecule has 2 N–H and O–H groups in total. The van der Waals surface area contributed by atoms with Gasteiger partial charge in [0.1, 0.15) is 5.75 Å². The third kappa shape index (κ3) is 2.20. The van der Waals surface area contributed by atoms with Gasteiger partial charge in [-0.05, 0) is 30.5 Å². The first-order valence-electron chi connectivity index (χ1n) is 5.70. The number of methoxy groups -OCH3 is 1. The predicted octanol–water partition coefficient (Wildman–Crippen LogP) is 2.04. The summed E-state index contributed by atoms with van der Waals surface area (Å²) in [5, 5.41) is 0. The zero-order chi connectivity index (χ0) is 11.5. The first kappa shape index (κ1) is 11.4. The Morgan fingerprint density at radius 1 is 1.50 bits per heavy atom. The Labute approximate surface area is 96.5 Å². The van der Waals surface area contributed by atoms with Crippen molar-refractivity contribution >= 4 is 0 Å². The van der Waals surface area contributed by atoms with Crippen molar-refractivity contribution in [3.05, 3.63) is 29.3 Å². The average molecular weight is 221 g/mol. The number of nitrogens with two attached hydrogens (primary N) is 1. The van der Waals surface area contributed by atoms with E-state index in [1.165, 1.54) is 0 Å². The minimum atomic E-state index is 0.0528. The summed E-state index contributed by atoms with van der Waals surface area (Å²) in [7, 11) is 1.69. The molecule has 88 valence electrons. The van der Waals surface area contributed by atoms with Gasteiger partial charge in [0.15, 0.2) is 0 Å². The fourth-order valence-electron chi connectivity index (χ4n) is 2.15. The van der Waals surface area contributed by atoms with Crippen LogP contribution >= 0.6 is 0 Å². The number of benzene rings is 1. The molecule has 16 heavy (non-hydrogen) atoms. The van der Waals surface area contributed by atoms with Gasteiger partial charge in [0, 0.05) is 18.6 Å². The van der Waals surface area contributed by atoms with E-state index in [2.05, 4.69) is 12.1 Å². The molecule has 3 nitrogen and oxygen atoms in total. The van der Waals surface area contributed by atoms with E-state index >= 15 is 0 Å². The lowest BCUT2D eigenvalue weighted by Gasteiger charge is -2.19. The summed E-state index contributed by atoms with van der Waals surface area (Å²) in [6.45, 7) is 3.64. The Balaban J connectivity index is 2.19. The van der Waals surface area contributed by atoms with Gasteiger partial charge in [-0.2, -0.15) is 0 Å². The van der Waals surface area contributed by atoms with Crippen LogP contribution in [0.25, 0.3) is 0 Å². The second-order valence-corrected chi connectivity index (χ2v) is 4.38. The lowest BCUT2D eigenvalue weighted by atomic mass is 9.92. The molecule has 1 heterocycles. The van der Waals surface area contributed by atoms with Crippen molar-refractivity contribution in [2.24, 2.45) is 11.7 Å². The third-order valence-corrected chi connectivity index (χ3v) is 3.29. The first-order valence-corrected chi connectivity index (χ1v) is 5.70. The molecule has 0 saturated carbocycles. The maximum Gasteiger partial charge on any atom is 0.122 e. The van der Waals surface area contributed by atoms with E-state index in [9.17, 15) is 0 Å². The summed E-state index contributed by atoms with van der Waals surface area (Å²) >= 11 is 0. The summed E-state index contributed by atoms with van der Waals surface area (Å²) < 4.78 is 10.7. The van der Waals surface area contributed by atoms with Gasteiger partial charge >= 0.3 is 0 Å². The SMILES string of the molecule is COc1cc(C(N)C2CCOC2)ccc1C. The van der Waals surface area contributed by atoms with Crippen LogP contribution in [-0.2, 0) is 4.74 Å². The van der Waals surface area contributed by atoms with Crippen molar-refractivity contribution in [2.75, 3.05) is 20.3 Å². The smallest absolute Gasteiger partial charge is 0.122 e. The van der Waals surface area contributed by atoms with E-state index in [-0.39, 0.29) is 6.04 Å². The highest BCUT2D eigenvalue weighted by molar-refractivity contribution is 5.38.